The normalized spacial score (nSPS) is 26.2. The Balaban J connectivity index is 1.57. The van der Waals surface area contributed by atoms with Crippen molar-refractivity contribution in [3.63, 3.8) is 0 Å². The minimum atomic E-state index is -0.515. The smallest absolute Gasteiger partial charge is 0.246 e. The molecular formula is C20H20ClFN2O2. The molecule has 1 N–H and O–H groups in total. The second-order valence-electron chi connectivity index (χ2n) is 6.91. The lowest BCUT2D eigenvalue weighted by Crippen LogP contribution is -2.66. The van der Waals surface area contributed by atoms with E-state index in [9.17, 15) is 9.18 Å². The van der Waals surface area contributed by atoms with E-state index in [0.29, 0.717) is 18.1 Å². The largest absolute Gasteiger partial charge is 0.364 e. The van der Waals surface area contributed by atoms with Gasteiger partial charge in [0.2, 0.25) is 5.91 Å². The van der Waals surface area contributed by atoms with Gasteiger partial charge in [0.15, 0.2) is 0 Å². The average molecular weight is 375 g/mol. The predicted molar refractivity (Wildman–Crippen MR) is 97.3 cm³/mol. The van der Waals surface area contributed by atoms with Crippen LogP contribution in [0.2, 0.25) is 5.02 Å². The van der Waals surface area contributed by atoms with Crippen molar-refractivity contribution in [1.29, 1.82) is 0 Å². The van der Waals surface area contributed by atoms with E-state index in [1.165, 1.54) is 12.1 Å². The fourth-order valence-corrected chi connectivity index (χ4v) is 4.14. The summed E-state index contributed by atoms with van der Waals surface area (Å²) >= 11 is 6.21. The van der Waals surface area contributed by atoms with Crippen molar-refractivity contribution >= 4 is 17.5 Å². The van der Waals surface area contributed by atoms with Crippen LogP contribution in [0.25, 0.3) is 0 Å². The van der Waals surface area contributed by atoms with Crippen LogP contribution in [0.3, 0.4) is 0 Å². The Bertz CT molecular complexity index is 817. The van der Waals surface area contributed by atoms with Crippen molar-refractivity contribution in [1.82, 2.24) is 10.2 Å². The summed E-state index contributed by atoms with van der Waals surface area (Å²) in [6.45, 7) is 2.01. The molecule has 4 rings (SSSR count). The lowest BCUT2D eigenvalue weighted by molar-refractivity contribution is -0.152. The highest BCUT2D eigenvalue weighted by molar-refractivity contribution is 6.31. The van der Waals surface area contributed by atoms with E-state index < -0.39 is 5.54 Å². The number of hydrogen-bond donors (Lipinski definition) is 1. The highest BCUT2D eigenvalue weighted by atomic mass is 35.5. The number of nitrogens with zero attached hydrogens (tertiary/aromatic N) is 1. The quantitative estimate of drug-likeness (QED) is 0.897. The standard InChI is InChI=1S/C20H20ClFN2O2/c21-17-7-6-16(22)10-14(17)11-24-9-8-20(15-4-2-1-3-5-15)18(12-24)26-13-19(25)23-20/h1-7,10,18H,8-9,11-13H2,(H,23,25)/t18-,20+/m1/s1. The molecule has 4 nitrogen and oxygen atoms in total. The van der Waals surface area contributed by atoms with Gasteiger partial charge in [-0.15, -0.1) is 0 Å². The number of carbonyl (C=O) groups is 1. The molecular weight excluding hydrogens is 355 g/mol. The van der Waals surface area contributed by atoms with Gasteiger partial charge in [0, 0.05) is 24.7 Å². The van der Waals surface area contributed by atoms with Crippen LogP contribution in [0.1, 0.15) is 17.5 Å². The van der Waals surface area contributed by atoms with Crippen LogP contribution in [0.5, 0.6) is 0 Å². The molecule has 2 aliphatic heterocycles. The molecule has 2 aromatic carbocycles. The Labute approximate surface area is 156 Å². The Morgan fingerprint density at radius 2 is 2.08 bits per heavy atom. The van der Waals surface area contributed by atoms with E-state index in [1.807, 2.05) is 30.3 Å². The van der Waals surface area contributed by atoms with Crippen molar-refractivity contribution in [2.75, 3.05) is 19.7 Å². The van der Waals surface area contributed by atoms with Crippen LogP contribution >= 0.6 is 11.6 Å². The van der Waals surface area contributed by atoms with Crippen molar-refractivity contribution in [3.05, 3.63) is 70.5 Å². The second kappa shape index (κ2) is 6.99. The number of morpholine rings is 1. The van der Waals surface area contributed by atoms with Gasteiger partial charge in [-0.2, -0.15) is 0 Å². The van der Waals surface area contributed by atoms with E-state index in [0.717, 1.165) is 24.1 Å². The third kappa shape index (κ3) is 3.22. The van der Waals surface area contributed by atoms with Gasteiger partial charge in [-0.3, -0.25) is 9.69 Å². The molecule has 1 amide bonds. The zero-order valence-electron chi connectivity index (χ0n) is 14.3. The van der Waals surface area contributed by atoms with E-state index in [4.69, 9.17) is 16.3 Å². The highest BCUT2D eigenvalue weighted by Crippen LogP contribution is 2.37. The maximum atomic E-state index is 13.5. The number of piperidine rings is 1. The lowest BCUT2D eigenvalue weighted by Gasteiger charge is -2.50. The van der Waals surface area contributed by atoms with Gasteiger partial charge in [0.25, 0.3) is 0 Å². The van der Waals surface area contributed by atoms with Crippen LogP contribution < -0.4 is 5.32 Å². The third-order valence-electron chi connectivity index (χ3n) is 5.26. The predicted octanol–water partition coefficient (Wildman–Crippen LogP) is 3.10. The molecule has 2 heterocycles. The zero-order valence-corrected chi connectivity index (χ0v) is 15.0. The number of benzene rings is 2. The first-order valence-electron chi connectivity index (χ1n) is 8.71. The minimum Gasteiger partial charge on any atom is -0.364 e. The summed E-state index contributed by atoms with van der Waals surface area (Å²) in [7, 11) is 0. The molecule has 2 saturated heterocycles. The molecule has 6 heteroatoms. The van der Waals surface area contributed by atoms with E-state index in [1.54, 1.807) is 6.07 Å². The molecule has 0 aromatic heterocycles. The summed E-state index contributed by atoms with van der Waals surface area (Å²) in [5.41, 5.74) is 1.30. The summed E-state index contributed by atoms with van der Waals surface area (Å²) in [5, 5.41) is 3.74. The van der Waals surface area contributed by atoms with E-state index in [2.05, 4.69) is 10.2 Å². The van der Waals surface area contributed by atoms with Crippen LogP contribution in [0, 0.1) is 5.82 Å². The van der Waals surface area contributed by atoms with Gasteiger partial charge in [-0.25, -0.2) is 4.39 Å². The Morgan fingerprint density at radius 3 is 2.88 bits per heavy atom. The number of rotatable bonds is 3. The number of hydrogen-bond acceptors (Lipinski definition) is 3. The van der Waals surface area contributed by atoms with Gasteiger partial charge < -0.3 is 10.1 Å². The maximum Gasteiger partial charge on any atom is 0.246 e. The summed E-state index contributed by atoms with van der Waals surface area (Å²) in [6.07, 6.45) is 0.559. The Hall–Kier alpha value is -1.95. The van der Waals surface area contributed by atoms with Crippen LogP contribution in [-0.2, 0) is 21.6 Å². The van der Waals surface area contributed by atoms with Crippen molar-refractivity contribution in [2.24, 2.45) is 0 Å². The number of likely N-dealkylation sites (tertiary alicyclic amines) is 1. The molecule has 0 aliphatic carbocycles. The van der Waals surface area contributed by atoms with Gasteiger partial charge in [-0.05, 0) is 35.7 Å². The molecule has 2 aromatic rings. The summed E-state index contributed by atoms with van der Waals surface area (Å²) in [6, 6.07) is 14.4. The van der Waals surface area contributed by atoms with Gasteiger partial charge >= 0.3 is 0 Å². The molecule has 136 valence electrons. The highest BCUT2D eigenvalue weighted by Gasteiger charge is 2.48. The number of amides is 1. The minimum absolute atomic E-state index is 0.0633. The van der Waals surface area contributed by atoms with Crippen LogP contribution in [0.15, 0.2) is 48.5 Å². The Kier molecular flexibility index (Phi) is 4.69. The van der Waals surface area contributed by atoms with E-state index in [-0.39, 0.29) is 24.4 Å². The van der Waals surface area contributed by atoms with Gasteiger partial charge in [0.05, 0.1) is 11.6 Å². The first-order valence-corrected chi connectivity index (χ1v) is 9.09. The van der Waals surface area contributed by atoms with E-state index >= 15 is 0 Å². The first-order chi connectivity index (χ1) is 12.6. The van der Waals surface area contributed by atoms with Crippen molar-refractivity contribution in [2.45, 2.75) is 24.6 Å². The fraction of sp³-hybridized carbons (Fsp3) is 0.350. The lowest BCUT2D eigenvalue weighted by atomic mass is 9.77. The zero-order chi connectivity index (χ0) is 18.1. The fourth-order valence-electron chi connectivity index (χ4n) is 3.96. The van der Waals surface area contributed by atoms with Gasteiger partial charge in [-0.1, -0.05) is 41.9 Å². The van der Waals surface area contributed by atoms with Crippen LogP contribution in [0.4, 0.5) is 4.39 Å². The Morgan fingerprint density at radius 1 is 1.27 bits per heavy atom. The van der Waals surface area contributed by atoms with Crippen LogP contribution in [-0.4, -0.2) is 36.6 Å². The molecule has 0 unspecified atom stereocenters. The number of ether oxygens (including phenoxy) is 1. The monoisotopic (exact) mass is 374 g/mol. The number of halogens is 2. The maximum absolute atomic E-state index is 13.5. The SMILES string of the molecule is O=C1CO[C@@H]2CN(Cc3cc(F)ccc3Cl)CC[C@@]2(c2ccccc2)N1. The number of fused-ring (bicyclic) bond motifs is 1. The topological polar surface area (TPSA) is 41.6 Å². The summed E-state index contributed by atoms with van der Waals surface area (Å²) in [4.78, 5) is 14.2. The van der Waals surface area contributed by atoms with Gasteiger partial charge in [0.1, 0.15) is 12.4 Å². The third-order valence-corrected chi connectivity index (χ3v) is 5.63. The first kappa shape index (κ1) is 17.5. The average Bonchev–Trinajstić information content (AvgIpc) is 2.65. The van der Waals surface area contributed by atoms with Crippen molar-refractivity contribution in [3.8, 4) is 0 Å². The molecule has 2 atom stereocenters. The summed E-state index contributed by atoms with van der Waals surface area (Å²) in [5.74, 6) is -0.382. The number of nitrogens with one attached hydrogen (secondary N) is 1. The molecule has 0 bridgehead atoms. The van der Waals surface area contributed by atoms with Crippen molar-refractivity contribution < 1.29 is 13.9 Å². The summed E-state index contributed by atoms with van der Waals surface area (Å²) < 4.78 is 19.5. The molecule has 2 aliphatic rings. The number of carbonyl (C=O) groups excluding carboxylic acids is 1. The molecule has 26 heavy (non-hydrogen) atoms. The second-order valence-corrected chi connectivity index (χ2v) is 7.31. The molecule has 0 saturated carbocycles. The molecule has 0 radical (unpaired) electrons. The molecule has 2 fully saturated rings. The molecule has 0 spiro atoms.